The van der Waals surface area contributed by atoms with Gasteiger partial charge in [-0.2, -0.15) is 0 Å². The normalized spacial score (nSPS) is 14.9. The number of nitrogens with zero attached hydrogens (tertiary/aromatic N) is 2. The van der Waals surface area contributed by atoms with Crippen LogP contribution in [0.25, 0.3) is 0 Å². The number of pyridine rings is 1. The van der Waals surface area contributed by atoms with E-state index in [2.05, 4.69) is 10.3 Å². The molecule has 1 fully saturated rings. The number of rotatable bonds is 4. The van der Waals surface area contributed by atoms with E-state index in [4.69, 9.17) is 11.6 Å². The zero-order chi connectivity index (χ0) is 18.5. The summed E-state index contributed by atoms with van der Waals surface area (Å²) in [6.07, 6.45) is 4.49. The molecule has 1 saturated heterocycles. The maximum absolute atomic E-state index is 13.9. The molecular formula is C19H19ClFN3O2. The molecule has 2 amide bonds. The van der Waals surface area contributed by atoms with Crippen LogP contribution in [0.4, 0.5) is 4.39 Å². The van der Waals surface area contributed by atoms with Crippen LogP contribution in [0.3, 0.4) is 0 Å². The lowest BCUT2D eigenvalue weighted by molar-refractivity contribution is -0.126. The number of likely N-dealkylation sites (tertiary alicyclic amines) is 1. The third-order valence-corrected chi connectivity index (χ3v) is 4.74. The lowest BCUT2D eigenvalue weighted by Crippen LogP contribution is -2.43. The first-order valence-corrected chi connectivity index (χ1v) is 8.83. The monoisotopic (exact) mass is 375 g/mol. The molecule has 0 atom stereocenters. The van der Waals surface area contributed by atoms with Crippen LogP contribution in [-0.4, -0.2) is 34.8 Å². The number of nitrogens with one attached hydrogen (secondary N) is 1. The van der Waals surface area contributed by atoms with Gasteiger partial charge in [0.15, 0.2) is 0 Å². The van der Waals surface area contributed by atoms with Gasteiger partial charge in [-0.3, -0.25) is 14.6 Å². The van der Waals surface area contributed by atoms with Crippen LogP contribution in [0.1, 0.15) is 28.8 Å². The molecule has 0 spiro atoms. The summed E-state index contributed by atoms with van der Waals surface area (Å²) in [5, 5.41) is 3.22. The van der Waals surface area contributed by atoms with Crippen molar-refractivity contribution in [1.82, 2.24) is 15.2 Å². The van der Waals surface area contributed by atoms with E-state index in [1.165, 1.54) is 18.2 Å². The fourth-order valence-electron chi connectivity index (χ4n) is 3.01. The Hall–Kier alpha value is -2.47. The molecule has 3 rings (SSSR count). The van der Waals surface area contributed by atoms with Crippen LogP contribution in [-0.2, 0) is 11.3 Å². The van der Waals surface area contributed by atoms with Gasteiger partial charge in [0.05, 0.1) is 5.56 Å². The van der Waals surface area contributed by atoms with E-state index in [0.29, 0.717) is 37.5 Å². The standard InChI is InChI=1S/C19H19ClFN3O2/c20-15-3-4-17(21)16(10-15)19(26)24-8-5-14(6-9-24)18(25)23-12-13-2-1-7-22-11-13/h1-4,7,10-11,14H,5-6,8-9,12H2,(H,23,25). The molecule has 0 radical (unpaired) electrons. The minimum absolute atomic E-state index is 0.0306. The van der Waals surface area contributed by atoms with E-state index in [0.717, 1.165) is 5.56 Å². The van der Waals surface area contributed by atoms with E-state index in [-0.39, 0.29) is 23.3 Å². The lowest BCUT2D eigenvalue weighted by atomic mass is 9.95. The van der Waals surface area contributed by atoms with Crippen molar-refractivity contribution in [3.63, 3.8) is 0 Å². The Morgan fingerprint density at radius 1 is 1.27 bits per heavy atom. The molecular weight excluding hydrogens is 357 g/mol. The first-order valence-electron chi connectivity index (χ1n) is 8.45. The Labute approximate surface area is 156 Å². The number of hydrogen-bond acceptors (Lipinski definition) is 3. The second kappa shape index (κ2) is 8.27. The van der Waals surface area contributed by atoms with Crippen molar-refractivity contribution < 1.29 is 14.0 Å². The van der Waals surface area contributed by atoms with Gasteiger partial charge in [0.25, 0.3) is 5.91 Å². The molecule has 0 saturated carbocycles. The summed E-state index contributed by atoms with van der Waals surface area (Å²) in [5.41, 5.74) is 0.905. The van der Waals surface area contributed by atoms with Gasteiger partial charge in [0.2, 0.25) is 5.91 Å². The second-order valence-electron chi connectivity index (χ2n) is 6.27. The first kappa shape index (κ1) is 18.3. The molecule has 1 aromatic heterocycles. The molecule has 1 aromatic carbocycles. The van der Waals surface area contributed by atoms with Gasteiger partial charge in [-0.1, -0.05) is 17.7 Å². The number of carbonyl (C=O) groups is 2. The molecule has 136 valence electrons. The minimum Gasteiger partial charge on any atom is -0.352 e. The van der Waals surface area contributed by atoms with Gasteiger partial charge in [-0.25, -0.2) is 4.39 Å². The van der Waals surface area contributed by atoms with Crippen LogP contribution in [0.5, 0.6) is 0 Å². The number of amides is 2. The molecule has 1 aliphatic heterocycles. The van der Waals surface area contributed by atoms with E-state index in [1.54, 1.807) is 17.3 Å². The highest BCUT2D eigenvalue weighted by Crippen LogP contribution is 2.22. The summed E-state index contributed by atoms with van der Waals surface area (Å²) in [6, 6.07) is 7.65. The third-order valence-electron chi connectivity index (χ3n) is 4.50. The fraction of sp³-hybridized carbons (Fsp3) is 0.316. The highest BCUT2D eigenvalue weighted by molar-refractivity contribution is 6.31. The second-order valence-corrected chi connectivity index (χ2v) is 6.71. The van der Waals surface area contributed by atoms with Gasteiger partial charge in [0, 0.05) is 43.0 Å². The molecule has 0 aliphatic carbocycles. The maximum Gasteiger partial charge on any atom is 0.256 e. The summed E-state index contributed by atoms with van der Waals surface area (Å²) in [4.78, 5) is 30.4. The molecule has 5 nitrogen and oxygen atoms in total. The molecule has 0 bridgehead atoms. The van der Waals surface area contributed by atoms with Crippen molar-refractivity contribution in [3.8, 4) is 0 Å². The first-order chi connectivity index (χ1) is 12.5. The number of halogens is 2. The van der Waals surface area contributed by atoms with Gasteiger partial charge < -0.3 is 10.2 Å². The van der Waals surface area contributed by atoms with Gasteiger partial charge >= 0.3 is 0 Å². The Balaban J connectivity index is 1.53. The Bertz CT molecular complexity index is 793. The smallest absolute Gasteiger partial charge is 0.256 e. The molecule has 7 heteroatoms. The number of piperidine rings is 1. The predicted octanol–water partition coefficient (Wildman–Crippen LogP) is 3.04. The van der Waals surface area contributed by atoms with Crippen molar-refractivity contribution in [2.24, 2.45) is 5.92 Å². The zero-order valence-corrected chi connectivity index (χ0v) is 14.9. The average Bonchev–Trinajstić information content (AvgIpc) is 2.68. The molecule has 2 aromatic rings. The summed E-state index contributed by atoms with van der Waals surface area (Å²) in [6.45, 7) is 1.26. The van der Waals surface area contributed by atoms with Gasteiger partial charge in [-0.05, 0) is 42.7 Å². The van der Waals surface area contributed by atoms with Crippen LogP contribution in [0.2, 0.25) is 5.02 Å². The van der Waals surface area contributed by atoms with Crippen molar-refractivity contribution in [2.75, 3.05) is 13.1 Å². The molecule has 0 unspecified atom stereocenters. The molecule has 26 heavy (non-hydrogen) atoms. The Morgan fingerprint density at radius 2 is 2.04 bits per heavy atom. The number of hydrogen-bond donors (Lipinski definition) is 1. The van der Waals surface area contributed by atoms with Crippen molar-refractivity contribution in [2.45, 2.75) is 19.4 Å². The van der Waals surface area contributed by atoms with Crippen LogP contribution >= 0.6 is 11.6 Å². The Kier molecular flexibility index (Phi) is 5.83. The summed E-state index contributed by atoms with van der Waals surface area (Å²) in [5.74, 6) is -1.16. The molecule has 2 heterocycles. The van der Waals surface area contributed by atoms with E-state index in [1.807, 2.05) is 12.1 Å². The summed E-state index contributed by atoms with van der Waals surface area (Å²) >= 11 is 5.86. The van der Waals surface area contributed by atoms with E-state index < -0.39 is 5.82 Å². The largest absolute Gasteiger partial charge is 0.352 e. The lowest BCUT2D eigenvalue weighted by Gasteiger charge is -2.31. The topological polar surface area (TPSA) is 62.3 Å². The van der Waals surface area contributed by atoms with Gasteiger partial charge in [0.1, 0.15) is 5.82 Å². The SMILES string of the molecule is O=C(NCc1cccnc1)C1CCN(C(=O)c2cc(Cl)ccc2F)CC1. The van der Waals surface area contributed by atoms with Crippen LogP contribution in [0, 0.1) is 11.7 Å². The van der Waals surface area contributed by atoms with Gasteiger partial charge in [-0.15, -0.1) is 0 Å². The molecule has 1 aliphatic rings. The highest BCUT2D eigenvalue weighted by Gasteiger charge is 2.28. The fourth-order valence-corrected chi connectivity index (χ4v) is 3.18. The summed E-state index contributed by atoms with van der Waals surface area (Å²) in [7, 11) is 0. The average molecular weight is 376 g/mol. The van der Waals surface area contributed by atoms with Crippen molar-refractivity contribution >= 4 is 23.4 Å². The third kappa shape index (κ3) is 4.38. The van der Waals surface area contributed by atoms with Crippen molar-refractivity contribution in [1.29, 1.82) is 0 Å². The van der Waals surface area contributed by atoms with E-state index in [9.17, 15) is 14.0 Å². The number of carbonyl (C=O) groups excluding carboxylic acids is 2. The zero-order valence-electron chi connectivity index (χ0n) is 14.1. The minimum atomic E-state index is -0.587. The maximum atomic E-state index is 13.9. The highest BCUT2D eigenvalue weighted by atomic mass is 35.5. The predicted molar refractivity (Wildman–Crippen MR) is 96.1 cm³/mol. The molecule has 1 N–H and O–H groups in total. The summed E-state index contributed by atoms with van der Waals surface area (Å²) < 4.78 is 13.9. The van der Waals surface area contributed by atoms with Crippen LogP contribution < -0.4 is 5.32 Å². The number of benzene rings is 1. The van der Waals surface area contributed by atoms with Crippen LogP contribution in [0.15, 0.2) is 42.7 Å². The van der Waals surface area contributed by atoms with Crippen molar-refractivity contribution in [3.05, 3.63) is 64.7 Å². The Morgan fingerprint density at radius 3 is 2.73 bits per heavy atom. The number of aromatic nitrogens is 1. The quantitative estimate of drug-likeness (QED) is 0.893. The van der Waals surface area contributed by atoms with E-state index >= 15 is 0 Å².